The standard InChI is InChI=1S/C55H96O12S/c1-3-5-7-9-11-13-15-17-19-21-23-24-26-28-30-32-34-36-38-40-42-44-51(57)66-48(46-65-55-54(60)53(59)52(58)49(67-55)47-68(61,62)63)45-64-50(56)43-41-39-37-35-33-31-29-27-25-22-20-18-16-14-12-10-8-6-4-2/h12,14,17-20,25,27,31,33,48-49,52-55,58-60H,3-11,13,15-16,21-24,26,28-30,32,34-47H2,1-2H3,(H,61,62,63)/b14-12+,19-17+,20-18+,27-25+,33-31+/t48-,49-,52-,53?,54?,55+/m1/s1. The Morgan fingerprint density at radius 3 is 1.37 bits per heavy atom. The number of carbonyl (C=O) groups is 2. The highest BCUT2D eigenvalue weighted by Crippen LogP contribution is 2.24. The van der Waals surface area contributed by atoms with Crippen molar-refractivity contribution in [3.8, 4) is 0 Å². The zero-order valence-corrected chi connectivity index (χ0v) is 43.3. The number of aliphatic hydroxyl groups is 3. The number of allylic oxidation sites excluding steroid dienone is 10. The van der Waals surface area contributed by atoms with E-state index in [1.54, 1.807) is 0 Å². The van der Waals surface area contributed by atoms with E-state index in [4.69, 9.17) is 18.9 Å². The predicted octanol–water partition coefficient (Wildman–Crippen LogP) is 12.5. The second kappa shape index (κ2) is 44.3. The van der Waals surface area contributed by atoms with E-state index in [-0.39, 0.29) is 19.4 Å². The summed E-state index contributed by atoms with van der Waals surface area (Å²) in [7, 11) is -4.61. The Morgan fingerprint density at radius 2 is 0.882 bits per heavy atom. The van der Waals surface area contributed by atoms with Crippen molar-refractivity contribution >= 4 is 22.1 Å². The van der Waals surface area contributed by atoms with E-state index in [1.807, 2.05) is 0 Å². The second-order valence-electron chi connectivity index (χ2n) is 18.5. The van der Waals surface area contributed by atoms with E-state index in [1.165, 1.54) is 122 Å². The number of hydrogen-bond donors (Lipinski definition) is 4. The molecule has 1 fully saturated rings. The van der Waals surface area contributed by atoms with Crippen molar-refractivity contribution < 1.29 is 56.8 Å². The molecule has 0 aromatic rings. The summed E-state index contributed by atoms with van der Waals surface area (Å²) in [5.74, 6) is -2.02. The highest BCUT2D eigenvalue weighted by atomic mass is 32.2. The van der Waals surface area contributed by atoms with Crippen LogP contribution < -0.4 is 0 Å². The molecule has 1 saturated heterocycles. The summed E-state index contributed by atoms with van der Waals surface area (Å²) in [5, 5.41) is 31.0. The van der Waals surface area contributed by atoms with E-state index in [0.29, 0.717) is 12.8 Å². The van der Waals surface area contributed by atoms with E-state index < -0.39 is 71.2 Å². The predicted molar refractivity (Wildman–Crippen MR) is 275 cm³/mol. The molecule has 68 heavy (non-hydrogen) atoms. The average molecular weight is 981 g/mol. The van der Waals surface area contributed by atoms with Gasteiger partial charge in [-0.1, -0.05) is 184 Å². The van der Waals surface area contributed by atoms with Gasteiger partial charge in [-0.2, -0.15) is 8.42 Å². The summed E-state index contributed by atoms with van der Waals surface area (Å²) in [6.07, 6.45) is 46.8. The minimum absolute atomic E-state index is 0.155. The fourth-order valence-corrected chi connectivity index (χ4v) is 8.58. The van der Waals surface area contributed by atoms with Crippen LogP contribution in [0.15, 0.2) is 60.8 Å². The Hall–Kier alpha value is -2.65. The second-order valence-corrected chi connectivity index (χ2v) is 20.0. The summed E-state index contributed by atoms with van der Waals surface area (Å²) in [4.78, 5) is 25.6. The van der Waals surface area contributed by atoms with Crippen molar-refractivity contribution in [1.82, 2.24) is 0 Å². The third kappa shape index (κ3) is 38.1. The largest absolute Gasteiger partial charge is 0.462 e. The minimum atomic E-state index is -4.61. The van der Waals surface area contributed by atoms with E-state index in [0.717, 1.165) is 57.8 Å². The van der Waals surface area contributed by atoms with Crippen LogP contribution in [0.1, 0.15) is 219 Å². The summed E-state index contributed by atoms with van der Waals surface area (Å²) >= 11 is 0. The van der Waals surface area contributed by atoms with Gasteiger partial charge in [0.05, 0.1) is 6.61 Å². The van der Waals surface area contributed by atoms with Crippen LogP contribution >= 0.6 is 0 Å². The third-order valence-electron chi connectivity index (χ3n) is 12.1. The number of rotatable bonds is 45. The van der Waals surface area contributed by atoms with Crippen LogP contribution in [-0.4, -0.2) is 96.0 Å². The zero-order chi connectivity index (χ0) is 49.8. The molecule has 0 bridgehead atoms. The van der Waals surface area contributed by atoms with E-state index in [9.17, 15) is 37.9 Å². The highest BCUT2D eigenvalue weighted by Gasteiger charge is 2.46. The summed E-state index contributed by atoms with van der Waals surface area (Å²) in [6, 6.07) is 0. The molecule has 394 valence electrons. The minimum Gasteiger partial charge on any atom is -0.462 e. The van der Waals surface area contributed by atoms with Crippen LogP contribution in [0.25, 0.3) is 0 Å². The number of aliphatic hydroxyl groups excluding tert-OH is 3. The fraction of sp³-hybridized carbons (Fsp3) is 0.782. The SMILES string of the molecule is CCCCC/C=C/C/C=C/C/C=C/C/C=C/CCCCCC(=O)OC[C@H](CO[C@H]1O[C@H](CS(=O)(=O)O)[C@@H](O)C(O)C1O)OC(=O)CCCCCCCCCCCCC/C=C/CCCCCCCC. The van der Waals surface area contributed by atoms with Crippen molar-refractivity contribution in [3.05, 3.63) is 60.8 Å². The smallest absolute Gasteiger partial charge is 0.306 e. The lowest BCUT2D eigenvalue weighted by atomic mass is 10.00. The first-order chi connectivity index (χ1) is 33.0. The Balaban J connectivity index is 2.38. The molecule has 1 aliphatic heterocycles. The highest BCUT2D eigenvalue weighted by molar-refractivity contribution is 7.85. The van der Waals surface area contributed by atoms with Crippen molar-refractivity contribution in [1.29, 1.82) is 0 Å². The lowest BCUT2D eigenvalue weighted by Gasteiger charge is -2.40. The first kappa shape index (κ1) is 63.4. The molecular weight excluding hydrogens is 885 g/mol. The Morgan fingerprint density at radius 1 is 0.500 bits per heavy atom. The Bertz CT molecular complexity index is 1470. The van der Waals surface area contributed by atoms with Crippen LogP contribution in [0.4, 0.5) is 0 Å². The molecular formula is C55H96O12S. The van der Waals surface area contributed by atoms with Gasteiger partial charge in [-0.15, -0.1) is 0 Å². The summed E-state index contributed by atoms with van der Waals surface area (Å²) in [5.41, 5.74) is 0. The van der Waals surface area contributed by atoms with Crippen LogP contribution in [0.3, 0.4) is 0 Å². The fourth-order valence-electron chi connectivity index (χ4n) is 7.89. The van der Waals surface area contributed by atoms with Gasteiger partial charge in [0, 0.05) is 12.8 Å². The van der Waals surface area contributed by atoms with Gasteiger partial charge in [-0.3, -0.25) is 14.1 Å². The first-order valence-electron chi connectivity index (χ1n) is 26.8. The zero-order valence-electron chi connectivity index (χ0n) is 42.4. The maximum atomic E-state index is 12.9. The quantitative estimate of drug-likeness (QED) is 0.0196. The van der Waals surface area contributed by atoms with E-state index in [2.05, 4.69) is 74.6 Å². The molecule has 6 atom stereocenters. The maximum Gasteiger partial charge on any atom is 0.306 e. The van der Waals surface area contributed by atoms with Gasteiger partial charge in [0.2, 0.25) is 0 Å². The molecule has 1 aliphatic rings. The molecule has 2 unspecified atom stereocenters. The Kier molecular flexibility index (Phi) is 41.3. The van der Waals surface area contributed by atoms with Crippen LogP contribution in [0.2, 0.25) is 0 Å². The number of hydrogen-bond acceptors (Lipinski definition) is 11. The Labute approximate surface area is 413 Å². The van der Waals surface area contributed by atoms with Crippen molar-refractivity contribution in [2.45, 2.75) is 256 Å². The van der Waals surface area contributed by atoms with Gasteiger partial charge < -0.3 is 34.3 Å². The molecule has 0 saturated carbocycles. The molecule has 4 N–H and O–H groups in total. The molecule has 0 aromatic heterocycles. The average Bonchev–Trinajstić information content (AvgIpc) is 3.31. The van der Waals surface area contributed by atoms with Gasteiger partial charge >= 0.3 is 11.9 Å². The van der Waals surface area contributed by atoms with Gasteiger partial charge in [0.15, 0.2) is 12.4 Å². The number of ether oxygens (including phenoxy) is 4. The number of unbranched alkanes of at least 4 members (excludes halogenated alkanes) is 23. The molecule has 0 spiro atoms. The van der Waals surface area contributed by atoms with Crippen LogP contribution in [-0.2, 0) is 38.7 Å². The molecule has 0 aliphatic carbocycles. The van der Waals surface area contributed by atoms with Crippen molar-refractivity contribution in [3.63, 3.8) is 0 Å². The molecule has 13 heteroatoms. The molecule has 1 heterocycles. The summed E-state index contributed by atoms with van der Waals surface area (Å²) < 4.78 is 54.3. The normalized spacial score (nSPS) is 19.6. The summed E-state index contributed by atoms with van der Waals surface area (Å²) in [6.45, 7) is 3.73. The van der Waals surface area contributed by atoms with Crippen molar-refractivity contribution in [2.75, 3.05) is 19.0 Å². The van der Waals surface area contributed by atoms with Crippen LogP contribution in [0.5, 0.6) is 0 Å². The monoisotopic (exact) mass is 981 g/mol. The van der Waals surface area contributed by atoms with Gasteiger partial charge in [0.1, 0.15) is 36.8 Å². The number of carbonyl (C=O) groups excluding carboxylic acids is 2. The van der Waals surface area contributed by atoms with Crippen molar-refractivity contribution in [2.24, 2.45) is 0 Å². The third-order valence-corrected chi connectivity index (χ3v) is 12.8. The molecule has 1 rings (SSSR count). The van der Waals surface area contributed by atoms with Gasteiger partial charge in [-0.05, 0) is 83.5 Å². The van der Waals surface area contributed by atoms with E-state index >= 15 is 0 Å². The molecule has 12 nitrogen and oxygen atoms in total. The molecule has 0 radical (unpaired) electrons. The number of esters is 2. The van der Waals surface area contributed by atoms with Gasteiger partial charge in [-0.25, -0.2) is 0 Å². The first-order valence-corrected chi connectivity index (χ1v) is 28.5. The van der Waals surface area contributed by atoms with Gasteiger partial charge in [0.25, 0.3) is 10.1 Å². The topological polar surface area (TPSA) is 186 Å². The maximum absolute atomic E-state index is 12.9. The molecule has 0 aromatic carbocycles. The van der Waals surface area contributed by atoms with Crippen LogP contribution in [0, 0.1) is 0 Å². The molecule has 0 amide bonds. The lowest BCUT2D eigenvalue weighted by molar-refractivity contribution is -0.297. The lowest BCUT2D eigenvalue weighted by Crippen LogP contribution is -2.60.